The van der Waals surface area contributed by atoms with Crippen LogP contribution in [0.5, 0.6) is 5.75 Å². The molecule has 0 radical (unpaired) electrons. The maximum absolute atomic E-state index is 12.4. The Morgan fingerprint density at radius 3 is 2.15 bits per heavy atom. The van der Waals surface area contributed by atoms with E-state index in [9.17, 15) is 24.9 Å². The summed E-state index contributed by atoms with van der Waals surface area (Å²) < 4.78 is 0. The van der Waals surface area contributed by atoms with Crippen LogP contribution in [0.15, 0.2) is 23.3 Å². The molecule has 1 aromatic rings. The summed E-state index contributed by atoms with van der Waals surface area (Å²) in [5, 5.41) is 29.3. The van der Waals surface area contributed by atoms with Gasteiger partial charge in [0.05, 0.1) is 17.8 Å². The third kappa shape index (κ3) is 1.71. The zero-order valence-electron chi connectivity index (χ0n) is 10.9. The van der Waals surface area contributed by atoms with Crippen LogP contribution in [0.2, 0.25) is 0 Å². The number of fused-ring (bicyclic) bond motifs is 1. The number of phenols is 1. The molecule has 0 spiro atoms. The van der Waals surface area contributed by atoms with E-state index in [1.54, 1.807) is 13.0 Å². The Kier molecular flexibility index (Phi) is 2.77. The van der Waals surface area contributed by atoms with Crippen LogP contribution in [0.25, 0.3) is 0 Å². The van der Waals surface area contributed by atoms with Gasteiger partial charge < -0.3 is 15.3 Å². The van der Waals surface area contributed by atoms with E-state index in [2.05, 4.69) is 0 Å². The topological polar surface area (TPSA) is 94.8 Å². The predicted octanol–water partition coefficient (Wildman–Crippen LogP) is 0.892. The van der Waals surface area contributed by atoms with Crippen molar-refractivity contribution in [3.63, 3.8) is 0 Å². The number of hydrogen-bond donors (Lipinski definition) is 3. The summed E-state index contributed by atoms with van der Waals surface area (Å²) in [6.07, 6.45) is -2.19. The molecule has 0 saturated carbocycles. The molecule has 0 saturated heterocycles. The molecule has 5 nitrogen and oxygen atoms in total. The number of rotatable bonds is 0. The quantitative estimate of drug-likeness (QED) is 0.653. The van der Waals surface area contributed by atoms with Crippen LogP contribution in [0.4, 0.5) is 0 Å². The van der Waals surface area contributed by atoms with Crippen molar-refractivity contribution in [1.29, 1.82) is 0 Å². The summed E-state index contributed by atoms with van der Waals surface area (Å²) in [4.78, 5) is 24.9. The first-order valence-corrected chi connectivity index (χ1v) is 6.41. The molecule has 2 aliphatic carbocycles. The molecule has 1 aromatic carbocycles. The van der Waals surface area contributed by atoms with Crippen molar-refractivity contribution in [3.05, 3.63) is 40.0 Å². The number of hydrogen-bond acceptors (Lipinski definition) is 5. The van der Waals surface area contributed by atoms with Crippen LogP contribution < -0.4 is 0 Å². The van der Waals surface area contributed by atoms with E-state index >= 15 is 0 Å². The van der Waals surface area contributed by atoms with Gasteiger partial charge in [0.1, 0.15) is 5.75 Å². The first-order valence-electron chi connectivity index (χ1n) is 6.41. The Labute approximate surface area is 115 Å². The Hall–Kier alpha value is -1.98. The smallest absolute Gasteiger partial charge is 0.193 e. The molecule has 2 unspecified atom stereocenters. The number of aromatic hydroxyl groups is 1. The second kappa shape index (κ2) is 4.26. The maximum Gasteiger partial charge on any atom is 0.193 e. The molecular weight excluding hydrogens is 260 g/mol. The lowest BCUT2D eigenvalue weighted by Gasteiger charge is -2.30. The summed E-state index contributed by atoms with van der Waals surface area (Å²) in [5.41, 5.74) is 1.32. The van der Waals surface area contributed by atoms with E-state index in [1.165, 1.54) is 6.07 Å². The highest BCUT2D eigenvalue weighted by Gasteiger charge is 2.40. The van der Waals surface area contributed by atoms with Gasteiger partial charge in [-0.2, -0.15) is 0 Å². The number of benzene rings is 1. The maximum atomic E-state index is 12.4. The summed E-state index contributed by atoms with van der Waals surface area (Å²) in [5.74, 6) is -0.997. The largest absolute Gasteiger partial charge is 0.507 e. The average Bonchev–Trinajstić information content (AvgIpc) is 2.37. The van der Waals surface area contributed by atoms with Crippen LogP contribution >= 0.6 is 0 Å². The average molecular weight is 274 g/mol. The molecule has 104 valence electrons. The standard InChI is InChI=1S/C15H14O5/c1-6-2-9-13(12(18)3-6)15(20)8-5-11(17)10(16)4-7(8)14(9)19/h2-3,10-11,16-18H,4-5H2,1H3. The second-order valence-electron chi connectivity index (χ2n) is 5.36. The molecule has 0 bridgehead atoms. The van der Waals surface area contributed by atoms with Gasteiger partial charge in [0.25, 0.3) is 0 Å². The molecule has 0 heterocycles. The number of aliphatic hydroxyl groups excluding tert-OH is 2. The van der Waals surface area contributed by atoms with Gasteiger partial charge >= 0.3 is 0 Å². The molecule has 20 heavy (non-hydrogen) atoms. The van der Waals surface area contributed by atoms with Crippen LogP contribution in [0.3, 0.4) is 0 Å². The van der Waals surface area contributed by atoms with Crippen LogP contribution in [0.1, 0.15) is 39.1 Å². The van der Waals surface area contributed by atoms with Gasteiger partial charge in [0, 0.05) is 29.6 Å². The number of carbonyl (C=O) groups is 2. The highest BCUT2D eigenvalue weighted by atomic mass is 16.3. The fourth-order valence-electron chi connectivity index (χ4n) is 2.89. The van der Waals surface area contributed by atoms with Crippen molar-refractivity contribution in [2.75, 3.05) is 0 Å². The summed E-state index contributed by atoms with van der Waals surface area (Å²) in [6, 6.07) is 3.00. The molecule has 3 N–H and O–H groups in total. The van der Waals surface area contributed by atoms with Gasteiger partial charge in [-0.25, -0.2) is 0 Å². The predicted molar refractivity (Wildman–Crippen MR) is 69.8 cm³/mol. The van der Waals surface area contributed by atoms with Crippen LogP contribution in [-0.4, -0.2) is 39.1 Å². The SMILES string of the molecule is Cc1cc(O)c2c(c1)C(=O)C1=C(CC(O)C(O)C1)C2=O. The van der Waals surface area contributed by atoms with Crippen molar-refractivity contribution in [1.82, 2.24) is 0 Å². The van der Waals surface area contributed by atoms with E-state index in [-0.39, 0.29) is 46.6 Å². The molecule has 2 aliphatic rings. The van der Waals surface area contributed by atoms with Crippen molar-refractivity contribution in [3.8, 4) is 5.75 Å². The molecule has 0 aliphatic heterocycles. The van der Waals surface area contributed by atoms with E-state index in [1.807, 2.05) is 0 Å². The lowest BCUT2D eigenvalue weighted by molar-refractivity contribution is 0.0135. The Balaban J connectivity index is 2.21. The second-order valence-corrected chi connectivity index (χ2v) is 5.36. The summed E-state index contributed by atoms with van der Waals surface area (Å²) >= 11 is 0. The van der Waals surface area contributed by atoms with Gasteiger partial charge in [-0.15, -0.1) is 0 Å². The fraction of sp³-hybridized carbons (Fsp3) is 0.333. The minimum Gasteiger partial charge on any atom is -0.507 e. The number of phenolic OH excluding ortho intramolecular Hbond substituents is 1. The van der Waals surface area contributed by atoms with Crippen LogP contribution in [-0.2, 0) is 0 Å². The Morgan fingerprint density at radius 1 is 1.00 bits per heavy atom. The van der Waals surface area contributed by atoms with Crippen molar-refractivity contribution in [2.45, 2.75) is 32.0 Å². The summed E-state index contributed by atoms with van der Waals surface area (Å²) in [6.45, 7) is 1.72. The van der Waals surface area contributed by atoms with E-state index in [0.29, 0.717) is 5.56 Å². The van der Waals surface area contributed by atoms with Crippen molar-refractivity contribution < 1.29 is 24.9 Å². The number of aliphatic hydroxyl groups is 2. The van der Waals surface area contributed by atoms with Gasteiger partial charge in [0.2, 0.25) is 0 Å². The van der Waals surface area contributed by atoms with Crippen LogP contribution in [0, 0.1) is 6.92 Å². The minimum absolute atomic E-state index is 0.00272. The molecule has 2 atom stereocenters. The molecule has 3 rings (SSSR count). The lowest BCUT2D eigenvalue weighted by Crippen LogP contribution is -2.37. The van der Waals surface area contributed by atoms with Gasteiger partial charge in [-0.1, -0.05) is 0 Å². The zero-order valence-corrected chi connectivity index (χ0v) is 10.9. The normalized spacial score (nSPS) is 25.6. The molecule has 0 aromatic heterocycles. The molecule has 5 heteroatoms. The first kappa shape index (κ1) is 13.0. The molecule has 0 fully saturated rings. The lowest BCUT2D eigenvalue weighted by atomic mass is 9.75. The number of Topliss-reactive ketones (excluding diaryl/α,β-unsaturated/α-hetero) is 2. The minimum atomic E-state index is -1.06. The summed E-state index contributed by atoms with van der Waals surface area (Å²) in [7, 11) is 0. The van der Waals surface area contributed by atoms with Crippen molar-refractivity contribution >= 4 is 11.6 Å². The number of aryl methyl sites for hydroxylation is 1. The highest BCUT2D eigenvalue weighted by Crippen LogP contribution is 2.39. The van der Waals surface area contributed by atoms with E-state index in [0.717, 1.165) is 0 Å². The number of carbonyl (C=O) groups excluding carboxylic acids is 2. The van der Waals surface area contributed by atoms with E-state index in [4.69, 9.17) is 0 Å². The molecular formula is C15H14O5. The third-order valence-electron chi connectivity index (χ3n) is 3.92. The van der Waals surface area contributed by atoms with E-state index < -0.39 is 18.0 Å². The fourth-order valence-corrected chi connectivity index (χ4v) is 2.89. The Morgan fingerprint density at radius 2 is 1.55 bits per heavy atom. The Bertz CT molecular complexity index is 671. The van der Waals surface area contributed by atoms with Gasteiger partial charge in [-0.3, -0.25) is 9.59 Å². The number of ketones is 2. The third-order valence-corrected chi connectivity index (χ3v) is 3.92. The van der Waals surface area contributed by atoms with Gasteiger partial charge in [0.15, 0.2) is 11.6 Å². The monoisotopic (exact) mass is 274 g/mol. The highest BCUT2D eigenvalue weighted by molar-refractivity contribution is 6.28. The zero-order chi connectivity index (χ0) is 14.6. The first-order chi connectivity index (χ1) is 9.40. The van der Waals surface area contributed by atoms with Gasteiger partial charge in [-0.05, 0) is 24.6 Å². The molecule has 0 amide bonds. The van der Waals surface area contributed by atoms with Crippen molar-refractivity contribution in [2.24, 2.45) is 0 Å².